The molecule has 1 aliphatic carbocycles. The van der Waals surface area contributed by atoms with Crippen LogP contribution in [0.15, 0.2) is 12.3 Å². The van der Waals surface area contributed by atoms with Gasteiger partial charge in [-0.2, -0.15) is 4.37 Å². The molecule has 1 aromatic rings. The maximum atomic E-state index is 11.8. The van der Waals surface area contributed by atoms with Crippen LogP contribution in [0.2, 0.25) is 0 Å². The van der Waals surface area contributed by atoms with Crippen LogP contribution in [0.3, 0.4) is 0 Å². The van der Waals surface area contributed by atoms with E-state index in [4.69, 9.17) is 4.74 Å². The lowest BCUT2D eigenvalue weighted by molar-refractivity contribution is -0.00704. The first-order valence-electron chi connectivity index (χ1n) is 5.18. The smallest absolute Gasteiger partial charge is 0.322 e. The van der Waals surface area contributed by atoms with Gasteiger partial charge in [0, 0.05) is 26.4 Å². The number of carbonyl (C=O) groups excluding carboxylic acids is 1. The number of nitrogens with one attached hydrogen (secondary N) is 1. The summed E-state index contributed by atoms with van der Waals surface area (Å²) >= 11 is 1.28. The fourth-order valence-electron chi connectivity index (χ4n) is 1.69. The second-order valence-corrected chi connectivity index (χ2v) is 4.73. The van der Waals surface area contributed by atoms with Gasteiger partial charge < -0.3 is 9.64 Å². The van der Waals surface area contributed by atoms with E-state index in [-0.39, 0.29) is 12.1 Å². The van der Waals surface area contributed by atoms with Crippen LogP contribution in [0.4, 0.5) is 9.80 Å². The minimum atomic E-state index is -0.0798. The summed E-state index contributed by atoms with van der Waals surface area (Å²) < 4.78 is 9.11. The Hall–Kier alpha value is -1.14. The molecule has 0 aromatic carbocycles. The molecule has 1 fully saturated rings. The molecular weight excluding hydrogens is 226 g/mol. The second-order valence-electron chi connectivity index (χ2n) is 3.90. The van der Waals surface area contributed by atoms with Gasteiger partial charge in [-0.25, -0.2) is 4.79 Å². The van der Waals surface area contributed by atoms with Crippen molar-refractivity contribution < 1.29 is 9.53 Å². The zero-order valence-electron chi connectivity index (χ0n) is 9.34. The fraction of sp³-hybridized carbons (Fsp3) is 0.600. The van der Waals surface area contributed by atoms with Gasteiger partial charge in [-0.05, 0) is 30.4 Å². The summed E-state index contributed by atoms with van der Waals surface area (Å²) in [5, 5.41) is 3.58. The lowest BCUT2D eigenvalue weighted by Crippen LogP contribution is -2.49. The number of methoxy groups -OCH3 is 1. The summed E-state index contributed by atoms with van der Waals surface area (Å²) in [6, 6.07) is 2.00. The summed E-state index contributed by atoms with van der Waals surface area (Å²) in [4.78, 5) is 13.5. The normalized spacial score (nSPS) is 23.6. The number of nitrogens with zero attached hydrogens (tertiary/aromatic N) is 2. The molecule has 6 heteroatoms. The number of carbonyl (C=O) groups is 1. The van der Waals surface area contributed by atoms with Crippen LogP contribution < -0.4 is 5.32 Å². The predicted octanol–water partition coefficient (Wildman–Crippen LogP) is 1.78. The van der Waals surface area contributed by atoms with E-state index in [1.165, 1.54) is 11.5 Å². The Morgan fingerprint density at radius 2 is 2.44 bits per heavy atom. The number of amides is 2. The van der Waals surface area contributed by atoms with Gasteiger partial charge in [-0.15, -0.1) is 0 Å². The number of hydrogen-bond donors (Lipinski definition) is 1. The highest BCUT2D eigenvalue weighted by Crippen LogP contribution is 2.27. The molecule has 2 amide bonds. The first-order valence-corrected chi connectivity index (χ1v) is 5.95. The molecule has 0 unspecified atom stereocenters. The summed E-state index contributed by atoms with van der Waals surface area (Å²) in [5.41, 5.74) is 0. The van der Waals surface area contributed by atoms with Gasteiger partial charge >= 0.3 is 6.03 Å². The van der Waals surface area contributed by atoms with Crippen LogP contribution in [0, 0.1) is 0 Å². The third kappa shape index (κ3) is 2.33. The van der Waals surface area contributed by atoms with Crippen molar-refractivity contribution in [2.24, 2.45) is 0 Å². The molecule has 1 aliphatic rings. The summed E-state index contributed by atoms with van der Waals surface area (Å²) in [6.07, 6.45) is 3.82. The quantitative estimate of drug-likeness (QED) is 0.877. The maximum absolute atomic E-state index is 11.8. The van der Waals surface area contributed by atoms with Crippen molar-refractivity contribution in [3.63, 3.8) is 0 Å². The molecule has 0 radical (unpaired) electrons. The van der Waals surface area contributed by atoms with E-state index in [1.807, 2.05) is 7.05 Å². The minimum Gasteiger partial charge on any atom is -0.381 e. The average Bonchev–Trinajstić information content (AvgIpc) is 2.68. The number of urea groups is 1. The molecule has 88 valence electrons. The van der Waals surface area contributed by atoms with Crippen LogP contribution in [0.5, 0.6) is 0 Å². The fourth-order valence-corrected chi connectivity index (χ4v) is 2.18. The van der Waals surface area contributed by atoms with Crippen molar-refractivity contribution >= 4 is 22.6 Å². The maximum Gasteiger partial charge on any atom is 0.322 e. The lowest BCUT2D eigenvalue weighted by Gasteiger charge is -2.40. The predicted molar refractivity (Wildman–Crippen MR) is 62.7 cm³/mol. The van der Waals surface area contributed by atoms with Gasteiger partial charge in [0.15, 0.2) is 0 Å². The number of hydrogen-bond acceptors (Lipinski definition) is 4. The second kappa shape index (κ2) is 4.80. The summed E-state index contributed by atoms with van der Waals surface area (Å²) in [6.45, 7) is 0. The Morgan fingerprint density at radius 3 is 3.00 bits per heavy atom. The molecule has 16 heavy (non-hydrogen) atoms. The van der Waals surface area contributed by atoms with Gasteiger partial charge in [0.2, 0.25) is 0 Å². The first-order chi connectivity index (χ1) is 7.70. The molecule has 1 heterocycles. The van der Waals surface area contributed by atoms with Crippen molar-refractivity contribution in [1.82, 2.24) is 9.27 Å². The van der Waals surface area contributed by atoms with E-state index >= 15 is 0 Å². The van der Waals surface area contributed by atoms with E-state index < -0.39 is 0 Å². The number of aromatic nitrogens is 1. The van der Waals surface area contributed by atoms with Crippen molar-refractivity contribution in [3.8, 4) is 0 Å². The van der Waals surface area contributed by atoms with E-state index in [9.17, 15) is 4.79 Å². The van der Waals surface area contributed by atoms with Crippen LogP contribution in [0.1, 0.15) is 12.8 Å². The summed E-state index contributed by atoms with van der Waals surface area (Å²) in [7, 11) is 3.52. The topological polar surface area (TPSA) is 54.5 Å². The first kappa shape index (κ1) is 11.3. The SMILES string of the molecule is COC1CC(N(C)C(=O)Nc2ccns2)C1. The van der Waals surface area contributed by atoms with Crippen LogP contribution in [0.25, 0.3) is 0 Å². The Morgan fingerprint density at radius 1 is 1.69 bits per heavy atom. The molecular formula is C10H15N3O2S. The van der Waals surface area contributed by atoms with Gasteiger partial charge in [-0.3, -0.25) is 5.32 Å². The third-order valence-electron chi connectivity index (χ3n) is 2.94. The Bertz CT molecular complexity index is 349. The molecule has 1 saturated carbocycles. The summed E-state index contributed by atoms with van der Waals surface area (Å²) in [5.74, 6) is 0. The van der Waals surface area contributed by atoms with Crippen LogP contribution in [-0.2, 0) is 4.74 Å². The number of anilines is 1. The molecule has 2 rings (SSSR count). The van der Waals surface area contributed by atoms with Crippen molar-refractivity contribution in [2.45, 2.75) is 25.0 Å². The highest BCUT2D eigenvalue weighted by Gasteiger charge is 2.34. The Balaban J connectivity index is 1.81. The Kier molecular flexibility index (Phi) is 3.40. The van der Waals surface area contributed by atoms with Gasteiger partial charge in [-0.1, -0.05) is 0 Å². The van der Waals surface area contributed by atoms with Crippen molar-refractivity contribution in [1.29, 1.82) is 0 Å². The molecule has 0 bridgehead atoms. The van der Waals surface area contributed by atoms with Crippen molar-refractivity contribution in [3.05, 3.63) is 12.3 Å². The standard InChI is InChI=1S/C10H15N3O2S/c1-13(7-5-8(6-7)15-2)10(14)12-9-3-4-11-16-9/h3-4,7-8H,5-6H2,1-2H3,(H,12,14). The number of rotatable bonds is 3. The zero-order chi connectivity index (χ0) is 11.5. The lowest BCUT2D eigenvalue weighted by atomic mass is 9.88. The molecule has 0 spiro atoms. The molecule has 1 N–H and O–H groups in total. The highest BCUT2D eigenvalue weighted by molar-refractivity contribution is 7.10. The average molecular weight is 241 g/mol. The molecule has 0 aliphatic heterocycles. The largest absolute Gasteiger partial charge is 0.381 e. The molecule has 1 aromatic heterocycles. The van der Waals surface area contributed by atoms with Crippen molar-refractivity contribution in [2.75, 3.05) is 19.5 Å². The molecule has 0 saturated heterocycles. The van der Waals surface area contributed by atoms with Gasteiger partial charge in [0.05, 0.1) is 6.10 Å². The number of ether oxygens (including phenoxy) is 1. The zero-order valence-corrected chi connectivity index (χ0v) is 10.2. The minimum absolute atomic E-state index is 0.0798. The van der Waals surface area contributed by atoms with E-state index in [0.717, 1.165) is 17.8 Å². The highest BCUT2D eigenvalue weighted by atomic mass is 32.1. The van der Waals surface area contributed by atoms with E-state index in [1.54, 1.807) is 24.3 Å². The van der Waals surface area contributed by atoms with Gasteiger partial charge in [0.25, 0.3) is 0 Å². The van der Waals surface area contributed by atoms with E-state index in [0.29, 0.717) is 6.10 Å². The Labute approximate surface area is 98.6 Å². The van der Waals surface area contributed by atoms with E-state index in [2.05, 4.69) is 9.69 Å². The third-order valence-corrected chi connectivity index (χ3v) is 3.60. The molecule has 0 atom stereocenters. The monoisotopic (exact) mass is 241 g/mol. The van der Waals surface area contributed by atoms with Crippen LogP contribution in [-0.4, -0.2) is 41.6 Å². The molecule has 5 nitrogen and oxygen atoms in total. The van der Waals surface area contributed by atoms with Gasteiger partial charge in [0.1, 0.15) is 5.00 Å². The van der Waals surface area contributed by atoms with Crippen LogP contribution >= 0.6 is 11.5 Å².